The van der Waals surface area contributed by atoms with Gasteiger partial charge in [0.05, 0.1) is 5.56 Å². The predicted molar refractivity (Wildman–Crippen MR) is 118 cm³/mol. The van der Waals surface area contributed by atoms with E-state index in [0.29, 0.717) is 5.56 Å². The van der Waals surface area contributed by atoms with Crippen molar-refractivity contribution in [2.75, 3.05) is 36.4 Å². The maximum atomic E-state index is 12.9. The van der Waals surface area contributed by atoms with Gasteiger partial charge in [0.25, 0.3) is 5.91 Å². The van der Waals surface area contributed by atoms with Crippen LogP contribution < -0.4 is 10.2 Å². The maximum Gasteiger partial charge on any atom is 0.255 e. The van der Waals surface area contributed by atoms with Crippen molar-refractivity contribution in [1.29, 1.82) is 0 Å². The lowest BCUT2D eigenvalue weighted by molar-refractivity contribution is 0.0746. The zero-order chi connectivity index (χ0) is 20.2. The fourth-order valence-electron chi connectivity index (χ4n) is 3.55. The summed E-state index contributed by atoms with van der Waals surface area (Å²) >= 11 is 0. The van der Waals surface area contributed by atoms with E-state index >= 15 is 0 Å². The number of aromatic nitrogens is 1. The Bertz CT molecular complexity index is 975. The molecule has 0 atom stereocenters. The van der Waals surface area contributed by atoms with E-state index in [-0.39, 0.29) is 5.91 Å². The highest BCUT2D eigenvalue weighted by Crippen LogP contribution is 2.19. The molecule has 5 heteroatoms. The third kappa shape index (κ3) is 4.57. The summed E-state index contributed by atoms with van der Waals surface area (Å²) in [6.07, 6.45) is 1.66. The van der Waals surface area contributed by atoms with Gasteiger partial charge in [0, 0.05) is 43.8 Å². The van der Waals surface area contributed by atoms with E-state index in [1.807, 2.05) is 29.2 Å². The molecule has 29 heavy (non-hydrogen) atoms. The van der Waals surface area contributed by atoms with Gasteiger partial charge >= 0.3 is 0 Å². The van der Waals surface area contributed by atoms with Crippen LogP contribution in [-0.2, 0) is 0 Å². The molecule has 1 N–H and O–H groups in total. The molecule has 148 valence electrons. The van der Waals surface area contributed by atoms with Crippen LogP contribution in [0.5, 0.6) is 0 Å². The van der Waals surface area contributed by atoms with Gasteiger partial charge in [-0.3, -0.25) is 4.79 Å². The molecule has 0 saturated carbocycles. The van der Waals surface area contributed by atoms with Crippen molar-refractivity contribution in [3.05, 3.63) is 83.6 Å². The van der Waals surface area contributed by atoms with Crippen molar-refractivity contribution >= 4 is 23.1 Å². The zero-order valence-corrected chi connectivity index (χ0v) is 16.9. The van der Waals surface area contributed by atoms with Crippen LogP contribution in [0.1, 0.15) is 21.5 Å². The molecule has 0 spiro atoms. The molecule has 0 bridgehead atoms. The van der Waals surface area contributed by atoms with Gasteiger partial charge in [0.15, 0.2) is 0 Å². The Kier molecular flexibility index (Phi) is 5.47. The first-order valence-electron chi connectivity index (χ1n) is 9.99. The van der Waals surface area contributed by atoms with Gasteiger partial charge in [0.2, 0.25) is 0 Å². The third-order valence-corrected chi connectivity index (χ3v) is 5.27. The lowest BCUT2D eigenvalue weighted by Gasteiger charge is -2.36. The van der Waals surface area contributed by atoms with Gasteiger partial charge in [-0.25, -0.2) is 4.98 Å². The number of carbonyl (C=O) groups excluding carboxylic acids is 1. The van der Waals surface area contributed by atoms with Crippen molar-refractivity contribution in [1.82, 2.24) is 9.88 Å². The number of hydrogen-bond acceptors (Lipinski definition) is 4. The molecule has 3 aromatic rings. The van der Waals surface area contributed by atoms with E-state index < -0.39 is 0 Å². The van der Waals surface area contributed by atoms with Gasteiger partial charge < -0.3 is 15.1 Å². The molecule has 0 radical (unpaired) electrons. The minimum atomic E-state index is 0.0447. The summed E-state index contributed by atoms with van der Waals surface area (Å²) in [5.74, 6) is 0.776. The van der Waals surface area contributed by atoms with Crippen LogP contribution in [0.4, 0.5) is 17.2 Å². The number of piperazine rings is 1. The Morgan fingerprint density at radius 3 is 2.31 bits per heavy atom. The molecule has 0 aliphatic carbocycles. The highest BCUT2D eigenvalue weighted by Gasteiger charge is 2.22. The topological polar surface area (TPSA) is 48.5 Å². The first-order chi connectivity index (χ1) is 14.1. The summed E-state index contributed by atoms with van der Waals surface area (Å²) in [5, 5.41) is 3.26. The number of benzene rings is 2. The Balaban J connectivity index is 1.35. The molecule has 1 amide bonds. The third-order valence-electron chi connectivity index (χ3n) is 5.27. The van der Waals surface area contributed by atoms with Crippen LogP contribution in [-0.4, -0.2) is 42.0 Å². The van der Waals surface area contributed by atoms with Crippen molar-refractivity contribution in [3.63, 3.8) is 0 Å². The second-order valence-corrected chi connectivity index (χ2v) is 7.54. The number of aryl methyl sites for hydroxylation is 2. The highest BCUT2D eigenvalue weighted by molar-refractivity contribution is 5.94. The summed E-state index contributed by atoms with van der Waals surface area (Å²) in [7, 11) is 0. The molecular weight excluding hydrogens is 360 g/mol. The van der Waals surface area contributed by atoms with Crippen molar-refractivity contribution in [2.45, 2.75) is 13.8 Å². The number of amides is 1. The van der Waals surface area contributed by atoms with Crippen LogP contribution >= 0.6 is 0 Å². The van der Waals surface area contributed by atoms with E-state index in [2.05, 4.69) is 65.4 Å². The SMILES string of the molecule is Cc1ccc(Nc2ccc(C(=O)N3CCN(c4cccc(C)c4)CC3)cn2)cc1. The molecule has 1 aliphatic heterocycles. The van der Waals surface area contributed by atoms with Crippen LogP contribution in [0.25, 0.3) is 0 Å². The number of pyridine rings is 1. The van der Waals surface area contributed by atoms with Gasteiger partial charge in [0.1, 0.15) is 5.82 Å². The lowest BCUT2D eigenvalue weighted by atomic mass is 10.1. The van der Waals surface area contributed by atoms with Crippen LogP contribution in [0.2, 0.25) is 0 Å². The first kappa shape index (κ1) is 19.0. The number of anilines is 3. The van der Waals surface area contributed by atoms with Crippen LogP contribution in [0.3, 0.4) is 0 Å². The Labute approximate surface area is 172 Å². The largest absolute Gasteiger partial charge is 0.368 e. The molecule has 0 unspecified atom stereocenters. The van der Waals surface area contributed by atoms with Gasteiger partial charge in [-0.1, -0.05) is 29.8 Å². The smallest absolute Gasteiger partial charge is 0.255 e. The number of nitrogens with zero attached hydrogens (tertiary/aromatic N) is 3. The second-order valence-electron chi connectivity index (χ2n) is 7.54. The number of carbonyl (C=O) groups is 1. The Morgan fingerprint density at radius 1 is 0.897 bits per heavy atom. The normalized spacial score (nSPS) is 14.0. The summed E-state index contributed by atoms with van der Waals surface area (Å²) < 4.78 is 0. The van der Waals surface area contributed by atoms with E-state index in [4.69, 9.17) is 0 Å². The molecule has 2 heterocycles. The van der Waals surface area contributed by atoms with Gasteiger partial charge in [-0.05, 0) is 55.8 Å². The molecule has 2 aromatic carbocycles. The second kappa shape index (κ2) is 8.35. The maximum absolute atomic E-state index is 12.9. The van der Waals surface area contributed by atoms with Crippen molar-refractivity contribution in [2.24, 2.45) is 0 Å². The number of rotatable bonds is 4. The van der Waals surface area contributed by atoms with E-state index in [1.54, 1.807) is 6.20 Å². The van der Waals surface area contributed by atoms with Crippen LogP contribution in [0.15, 0.2) is 66.9 Å². The van der Waals surface area contributed by atoms with Gasteiger partial charge in [-0.2, -0.15) is 0 Å². The summed E-state index contributed by atoms with van der Waals surface area (Å²) in [4.78, 5) is 21.5. The predicted octanol–water partition coefficient (Wildman–Crippen LogP) is 4.40. The highest BCUT2D eigenvalue weighted by atomic mass is 16.2. The fraction of sp³-hybridized carbons (Fsp3) is 0.250. The monoisotopic (exact) mass is 386 g/mol. The number of nitrogens with one attached hydrogen (secondary N) is 1. The molecule has 1 aromatic heterocycles. The molecule has 1 aliphatic rings. The number of hydrogen-bond donors (Lipinski definition) is 1. The Hall–Kier alpha value is -3.34. The average Bonchev–Trinajstić information content (AvgIpc) is 2.75. The van der Waals surface area contributed by atoms with Crippen molar-refractivity contribution in [3.8, 4) is 0 Å². The summed E-state index contributed by atoms with van der Waals surface area (Å²) in [6.45, 7) is 7.29. The summed E-state index contributed by atoms with van der Waals surface area (Å²) in [5.41, 5.74) is 5.31. The van der Waals surface area contributed by atoms with Crippen LogP contribution in [0, 0.1) is 13.8 Å². The van der Waals surface area contributed by atoms with E-state index in [0.717, 1.165) is 37.7 Å². The first-order valence-corrected chi connectivity index (χ1v) is 9.99. The van der Waals surface area contributed by atoms with Crippen molar-refractivity contribution < 1.29 is 4.79 Å². The molecular formula is C24H26N4O. The standard InChI is InChI=1S/C24H26N4O/c1-18-6-9-21(10-7-18)26-23-11-8-20(17-25-23)24(29)28-14-12-27(13-15-28)22-5-3-4-19(2)16-22/h3-11,16-17H,12-15H2,1-2H3,(H,25,26). The molecule has 4 rings (SSSR count). The minimum Gasteiger partial charge on any atom is -0.368 e. The molecule has 1 saturated heterocycles. The van der Waals surface area contributed by atoms with E-state index in [9.17, 15) is 4.79 Å². The fourth-order valence-corrected chi connectivity index (χ4v) is 3.55. The Morgan fingerprint density at radius 2 is 1.66 bits per heavy atom. The summed E-state index contributed by atoms with van der Waals surface area (Å²) in [6, 6.07) is 20.4. The quantitative estimate of drug-likeness (QED) is 0.722. The molecule has 5 nitrogen and oxygen atoms in total. The average molecular weight is 386 g/mol. The zero-order valence-electron chi connectivity index (χ0n) is 16.9. The van der Waals surface area contributed by atoms with E-state index in [1.165, 1.54) is 16.8 Å². The van der Waals surface area contributed by atoms with Gasteiger partial charge in [-0.15, -0.1) is 0 Å². The molecule has 1 fully saturated rings. The lowest BCUT2D eigenvalue weighted by Crippen LogP contribution is -2.48. The minimum absolute atomic E-state index is 0.0447.